The van der Waals surface area contributed by atoms with Gasteiger partial charge in [-0.25, -0.2) is 9.97 Å². The molecule has 3 rings (SSSR count). The normalized spacial score (nSPS) is 27.4. The van der Waals surface area contributed by atoms with Crippen molar-refractivity contribution in [2.45, 2.75) is 69.9 Å². The van der Waals surface area contributed by atoms with Crippen molar-refractivity contribution < 1.29 is 0 Å². The summed E-state index contributed by atoms with van der Waals surface area (Å²) in [5.41, 5.74) is 8.88. The number of nitrogens with zero attached hydrogens (tertiary/aromatic N) is 2. The Morgan fingerprint density at radius 2 is 1.84 bits per heavy atom. The van der Waals surface area contributed by atoms with E-state index in [-0.39, 0.29) is 6.04 Å². The van der Waals surface area contributed by atoms with Gasteiger partial charge < -0.3 is 11.1 Å². The molecule has 1 aromatic rings. The third kappa shape index (κ3) is 2.89. The van der Waals surface area contributed by atoms with Gasteiger partial charge in [-0.1, -0.05) is 19.3 Å². The van der Waals surface area contributed by atoms with E-state index in [9.17, 15) is 0 Å². The molecule has 0 spiro atoms. The van der Waals surface area contributed by atoms with Crippen LogP contribution in [0.1, 0.15) is 56.2 Å². The highest BCUT2D eigenvalue weighted by Crippen LogP contribution is 2.27. The fourth-order valence-corrected chi connectivity index (χ4v) is 3.34. The van der Waals surface area contributed by atoms with E-state index in [1.165, 1.54) is 49.8 Å². The van der Waals surface area contributed by atoms with E-state index in [2.05, 4.69) is 15.3 Å². The molecule has 1 aromatic heterocycles. The number of nitrogens with two attached hydrogens (primary N) is 1. The van der Waals surface area contributed by atoms with Gasteiger partial charge in [-0.15, -0.1) is 0 Å². The van der Waals surface area contributed by atoms with Crippen molar-refractivity contribution in [2.75, 3.05) is 5.32 Å². The fraction of sp³-hybridized carbons (Fsp3) is 0.733. The first-order valence-electron chi connectivity index (χ1n) is 7.69. The summed E-state index contributed by atoms with van der Waals surface area (Å²) < 4.78 is 0. The molecular formula is C15H24N4. The molecule has 4 nitrogen and oxygen atoms in total. The number of hydrogen-bond acceptors (Lipinski definition) is 4. The standard InChI is InChI=1S/C15H24N4/c16-12-7-2-1-3-9-14(12)19-15-11-6-4-5-8-13(11)17-10-18-15/h10,12,14H,1-9,16H2,(H,17,18,19). The molecule has 0 saturated heterocycles. The largest absolute Gasteiger partial charge is 0.365 e. The third-order valence-corrected chi connectivity index (χ3v) is 4.52. The second-order valence-corrected chi connectivity index (χ2v) is 5.91. The minimum Gasteiger partial charge on any atom is -0.365 e. The first-order chi connectivity index (χ1) is 9.34. The number of anilines is 1. The minimum atomic E-state index is 0.261. The number of hydrogen-bond donors (Lipinski definition) is 2. The topological polar surface area (TPSA) is 63.8 Å². The van der Waals surface area contributed by atoms with E-state index in [1.54, 1.807) is 6.33 Å². The van der Waals surface area contributed by atoms with Crippen LogP contribution >= 0.6 is 0 Å². The highest BCUT2D eigenvalue weighted by molar-refractivity contribution is 5.48. The van der Waals surface area contributed by atoms with Crippen molar-refractivity contribution in [3.63, 3.8) is 0 Å². The van der Waals surface area contributed by atoms with Crippen LogP contribution in [0.15, 0.2) is 6.33 Å². The predicted molar refractivity (Wildman–Crippen MR) is 77.1 cm³/mol. The summed E-state index contributed by atoms with van der Waals surface area (Å²) in [6.07, 6.45) is 12.6. The van der Waals surface area contributed by atoms with E-state index in [0.29, 0.717) is 6.04 Å². The van der Waals surface area contributed by atoms with Crippen LogP contribution in [0.3, 0.4) is 0 Å². The summed E-state index contributed by atoms with van der Waals surface area (Å²) in [4.78, 5) is 8.90. The zero-order valence-corrected chi connectivity index (χ0v) is 11.6. The molecule has 2 atom stereocenters. The van der Waals surface area contributed by atoms with E-state index >= 15 is 0 Å². The molecule has 1 saturated carbocycles. The summed E-state index contributed by atoms with van der Waals surface area (Å²) >= 11 is 0. The van der Waals surface area contributed by atoms with Gasteiger partial charge >= 0.3 is 0 Å². The van der Waals surface area contributed by atoms with Gasteiger partial charge in [0.2, 0.25) is 0 Å². The monoisotopic (exact) mass is 260 g/mol. The Morgan fingerprint density at radius 1 is 1.00 bits per heavy atom. The zero-order valence-electron chi connectivity index (χ0n) is 11.6. The Labute approximate surface area is 115 Å². The van der Waals surface area contributed by atoms with Gasteiger partial charge in [0, 0.05) is 23.3 Å². The molecule has 2 unspecified atom stereocenters. The van der Waals surface area contributed by atoms with Crippen LogP contribution in [-0.4, -0.2) is 22.1 Å². The van der Waals surface area contributed by atoms with Crippen LogP contribution in [0, 0.1) is 0 Å². The highest BCUT2D eigenvalue weighted by Gasteiger charge is 2.23. The Balaban J connectivity index is 1.78. The van der Waals surface area contributed by atoms with E-state index < -0.39 is 0 Å². The first kappa shape index (κ1) is 12.9. The molecule has 2 aliphatic rings. The lowest BCUT2D eigenvalue weighted by atomic mass is 9.96. The smallest absolute Gasteiger partial charge is 0.133 e. The molecular weight excluding hydrogens is 236 g/mol. The number of aryl methyl sites for hydroxylation is 1. The Bertz CT molecular complexity index is 432. The molecule has 0 bridgehead atoms. The molecule has 0 amide bonds. The minimum absolute atomic E-state index is 0.261. The average Bonchev–Trinajstić information content (AvgIpc) is 2.65. The highest BCUT2D eigenvalue weighted by atomic mass is 15.1. The Kier molecular flexibility index (Phi) is 3.97. The first-order valence-corrected chi connectivity index (χ1v) is 7.69. The SMILES string of the molecule is NC1CCCCCC1Nc1ncnc2c1CCCC2. The molecule has 0 radical (unpaired) electrons. The number of aromatic nitrogens is 2. The second kappa shape index (κ2) is 5.87. The van der Waals surface area contributed by atoms with Gasteiger partial charge in [0.15, 0.2) is 0 Å². The molecule has 0 aliphatic heterocycles. The summed E-state index contributed by atoms with van der Waals surface area (Å²) in [5.74, 6) is 1.05. The molecule has 19 heavy (non-hydrogen) atoms. The summed E-state index contributed by atoms with van der Waals surface area (Å²) in [7, 11) is 0. The predicted octanol–water partition coefficient (Wildman–Crippen LogP) is 2.43. The average molecular weight is 260 g/mol. The molecule has 3 N–H and O–H groups in total. The lowest BCUT2D eigenvalue weighted by Gasteiger charge is -2.26. The van der Waals surface area contributed by atoms with Crippen molar-refractivity contribution >= 4 is 5.82 Å². The summed E-state index contributed by atoms with van der Waals surface area (Å²) in [6.45, 7) is 0. The number of nitrogens with one attached hydrogen (secondary N) is 1. The van der Waals surface area contributed by atoms with E-state index in [4.69, 9.17) is 5.73 Å². The van der Waals surface area contributed by atoms with Crippen molar-refractivity contribution in [1.29, 1.82) is 0 Å². The summed E-state index contributed by atoms with van der Waals surface area (Å²) in [5, 5.41) is 3.62. The Hall–Kier alpha value is -1.16. The van der Waals surface area contributed by atoms with Crippen molar-refractivity contribution in [3.05, 3.63) is 17.6 Å². The molecule has 1 fully saturated rings. The van der Waals surface area contributed by atoms with Gasteiger partial charge in [-0.05, 0) is 38.5 Å². The van der Waals surface area contributed by atoms with Crippen molar-refractivity contribution in [3.8, 4) is 0 Å². The fourth-order valence-electron chi connectivity index (χ4n) is 3.34. The summed E-state index contributed by atoms with van der Waals surface area (Å²) in [6, 6.07) is 0.639. The maximum absolute atomic E-state index is 6.30. The van der Waals surface area contributed by atoms with Crippen LogP contribution in [0.5, 0.6) is 0 Å². The number of rotatable bonds is 2. The van der Waals surface area contributed by atoms with Gasteiger partial charge in [-0.3, -0.25) is 0 Å². The Morgan fingerprint density at radius 3 is 2.79 bits per heavy atom. The quantitative estimate of drug-likeness (QED) is 0.802. The van der Waals surface area contributed by atoms with Gasteiger partial charge in [-0.2, -0.15) is 0 Å². The van der Waals surface area contributed by atoms with Crippen LogP contribution in [0.2, 0.25) is 0 Å². The van der Waals surface area contributed by atoms with E-state index in [0.717, 1.165) is 25.1 Å². The lowest BCUT2D eigenvalue weighted by molar-refractivity contribution is 0.525. The molecule has 1 heterocycles. The molecule has 2 aliphatic carbocycles. The van der Waals surface area contributed by atoms with E-state index in [1.807, 2.05) is 0 Å². The van der Waals surface area contributed by atoms with Crippen LogP contribution < -0.4 is 11.1 Å². The van der Waals surface area contributed by atoms with Crippen molar-refractivity contribution in [1.82, 2.24) is 9.97 Å². The van der Waals surface area contributed by atoms with Gasteiger partial charge in [0.25, 0.3) is 0 Å². The molecule has 4 heteroatoms. The molecule has 104 valence electrons. The zero-order chi connectivity index (χ0) is 13.1. The van der Waals surface area contributed by atoms with Crippen LogP contribution in [0.4, 0.5) is 5.82 Å². The molecule has 0 aromatic carbocycles. The van der Waals surface area contributed by atoms with Crippen LogP contribution in [0.25, 0.3) is 0 Å². The van der Waals surface area contributed by atoms with Gasteiger partial charge in [0.05, 0.1) is 0 Å². The maximum atomic E-state index is 6.30. The van der Waals surface area contributed by atoms with Gasteiger partial charge in [0.1, 0.15) is 12.1 Å². The maximum Gasteiger partial charge on any atom is 0.133 e. The third-order valence-electron chi connectivity index (χ3n) is 4.52. The van der Waals surface area contributed by atoms with Crippen molar-refractivity contribution in [2.24, 2.45) is 5.73 Å². The lowest BCUT2D eigenvalue weighted by Crippen LogP contribution is -2.40. The number of fused-ring (bicyclic) bond motifs is 1. The van der Waals surface area contributed by atoms with Crippen LogP contribution in [-0.2, 0) is 12.8 Å². The second-order valence-electron chi connectivity index (χ2n) is 5.91.